The second-order valence-electron chi connectivity index (χ2n) is 6.55. The van der Waals surface area contributed by atoms with Gasteiger partial charge < -0.3 is 9.73 Å². The maximum atomic E-state index is 12.6. The molecule has 3 rings (SSSR count). The number of amides is 1. The Bertz CT molecular complexity index is 881. The summed E-state index contributed by atoms with van der Waals surface area (Å²) in [5, 5.41) is 3.40. The summed E-state index contributed by atoms with van der Waals surface area (Å²) < 4.78 is 29.1. The van der Waals surface area contributed by atoms with Gasteiger partial charge in [0, 0.05) is 16.8 Å². The van der Waals surface area contributed by atoms with Gasteiger partial charge in [0.25, 0.3) is 0 Å². The zero-order chi connectivity index (χ0) is 18.7. The molecule has 0 saturated carbocycles. The average molecular weight is 397 g/mol. The maximum absolute atomic E-state index is 12.6. The molecule has 2 heterocycles. The molecule has 1 aromatic carbocycles. The van der Waals surface area contributed by atoms with Crippen molar-refractivity contribution in [3.8, 4) is 0 Å². The Balaban J connectivity index is 1.72. The van der Waals surface area contributed by atoms with Crippen LogP contribution in [0.25, 0.3) is 0 Å². The number of aryl methyl sites for hydroxylation is 1. The fraction of sp³-hybridized carbons (Fsp3) is 0.389. The quantitative estimate of drug-likeness (QED) is 0.812. The summed E-state index contributed by atoms with van der Waals surface area (Å²) in [6.07, 6.45) is 2.08. The van der Waals surface area contributed by atoms with Crippen molar-refractivity contribution in [2.45, 2.75) is 25.9 Å². The number of hydrogen-bond donors (Lipinski definition) is 1. The van der Waals surface area contributed by atoms with E-state index in [9.17, 15) is 13.2 Å². The number of anilines is 1. The molecule has 0 spiro atoms. The fourth-order valence-electron chi connectivity index (χ4n) is 3.08. The van der Waals surface area contributed by atoms with Gasteiger partial charge in [0.05, 0.1) is 30.9 Å². The van der Waals surface area contributed by atoms with Gasteiger partial charge in [-0.25, -0.2) is 8.42 Å². The highest BCUT2D eigenvalue weighted by Gasteiger charge is 2.33. The molecule has 1 atom stereocenters. The third-order valence-electron chi connectivity index (χ3n) is 4.48. The number of rotatable bonds is 6. The number of benzene rings is 1. The zero-order valence-corrected chi connectivity index (χ0v) is 16.0. The lowest BCUT2D eigenvalue weighted by atomic mass is 10.2. The van der Waals surface area contributed by atoms with Crippen LogP contribution in [0.3, 0.4) is 0 Å². The molecule has 140 valence electrons. The highest BCUT2D eigenvalue weighted by molar-refractivity contribution is 7.91. The van der Waals surface area contributed by atoms with E-state index in [4.69, 9.17) is 16.0 Å². The van der Waals surface area contributed by atoms with Gasteiger partial charge in [-0.1, -0.05) is 17.7 Å². The van der Waals surface area contributed by atoms with E-state index in [0.29, 0.717) is 29.4 Å². The summed E-state index contributed by atoms with van der Waals surface area (Å²) in [5.41, 5.74) is 1.56. The molecule has 1 aliphatic rings. The third kappa shape index (κ3) is 4.87. The standard InChI is InChI=1S/C18H21ClN2O4S/c1-13-4-5-14(19)9-17(13)20-18(22)11-21(10-16-3-2-7-25-16)15-6-8-26(23,24)12-15/h2-5,7,9,15H,6,8,10-12H2,1H3,(H,20,22). The first-order valence-electron chi connectivity index (χ1n) is 8.35. The summed E-state index contributed by atoms with van der Waals surface area (Å²) in [6, 6.07) is 8.69. The highest BCUT2D eigenvalue weighted by Crippen LogP contribution is 2.22. The highest BCUT2D eigenvalue weighted by atomic mass is 35.5. The van der Waals surface area contributed by atoms with E-state index in [1.807, 2.05) is 24.0 Å². The van der Waals surface area contributed by atoms with Crippen molar-refractivity contribution in [2.24, 2.45) is 0 Å². The topological polar surface area (TPSA) is 79.6 Å². The minimum absolute atomic E-state index is 0.0666. The molecule has 1 fully saturated rings. The number of nitrogens with zero attached hydrogens (tertiary/aromatic N) is 1. The number of carbonyl (C=O) groups is 1. The molecule has 26 heavy (non-hydrogen) atoms. The van der Waals surface area contributed by atoms with E-state index in [1.54, 1.807) is 24.5 Å². The van der Waals surface area contributed by atoms with Crippen LogP contribution >= 0.6 is 11.6 Å². The van der Waals surface area contributed by atoms with E-state index >= 15 is 0 Å². The summed E-state index contributed by atoms with van der Waals surface area (Å²) in [4.78, 5) is 14.4. The number of carbonyl (C=O) groups excluding carboxylic acids is 1. The molecule has 1 aliphatic heterocycles. The van der Waals surface area contributed by atoms with Crippen molar-refractivity contribution >= 4 is 33.0 Å². The first kappa shape index (κ1) is 18.9. The van der Waals surface area contributed by atoms with E-state index in [2.05, 4.69) is 5.32 Å². The molecular weight excluding hydrogens is 376 g/mol. The van der Waals surface area contributed by atoms with E-state index in [0.717, 1.165) is 5.56 Å². The van der Waals surface area contributed by atoms with Gasteiger partial charge in [-0.05, 0) is 43.2 Å². The van der Waals surface area contributed by atoms with E-state index in [-0.39, 0.29) is 30.0 Å². The van der Waals surface area contributed by atoms with Crippen LogP contribution in [0, 0.1) is 6.92 Å². The average Bonchev–Trinajstić information content (AvgIpc) is 3.19. The number of furan rings is 1. The second-order valence-corrected chi connectivity index (χ2v) is 9.21. The summed E-state index contributed by atoms with van der Waals surface area (Å²) in [7, 11) is -3.05. The van der Waals surface area contributed by atoms with Crippen LogP contribution in [0.15, 0.2) is 41.0 Å². The third-order valence-corrected chi connectivity index (χ3v) is 6.47. The molecule has 1 N–H and O–H groups in total. The second kappa shape index (κ2) is 7.82. The summed E-state index contributed by atoms with van der Waals surface area (Å²) >= 11 is 6.00. The molecule has 1 unspecified atom stereocenters. The summed E-state index contributed by atoms with van der Waals surface area (Å²) in [6.45, 7) is 2.35. The molecule has 0 bridgehead atoms. The lowest BCUT2D eigenvalue weighted by molar-refractivity contribution is -0.118. The number of nitrogens with one attached hydrogen (secondary N) is 1. The van der Waals surface area contributed by atoms with Crippen LogP contribution in [-0.2, 0) is 21.2 Å². The van der Waals surface area contributed by atoms with Crippen molar-refractivity contribution in [1.29, 1.82) is 0 Å². The number of halogens is 1. The first-order valence-corrected chi connectivity index (χ1v) is 10.6. The largest absolute Gasteiger partial charge is 0.468 e. The van der Waals surface area contributed by atoms with Gasteiger partial charge >= 0.3 is 0 Å². The Labute approximate surface area is 158 Å². The van der Waals surface area contributed by atoms with Crippen molar-refractivity contribution in [2.75, 3.05) is 23.4 Å². The van der Waals surface area contributed by atoms with Crippen LogP contribution < -0.4 is 5.32 Å². The molecule has 1 saturated heterocycles. The number of hydrogen-bond acceptors (Lipinski definition) is 5. The smallest absolute Gasteiger partial charge is 0.238 e. The molecule has 1 aromatic heterocycles. The molecule has 6 nitrogen and oxygen atoms in total. The monoisotopic (exact) mass is 396 g/mol. The molecule has 8 heteroatoms. The fourth-order valence-corrected chi connectivity index (χ4v) is 5.02. The van der Waals surface area contributed by atoms with Crippen molar-refractivity contribution in [1.82, 2.24) is 4.90 Å². The van der Waals surface area contributed by atoms with Gasteiger partial charge in [0.15, 0.2) is 9.84 Å². The van der Waals surface area contributed by atoms with Crippen molar-refractivity contribution in [3.05, 3.63) is 52.9 Å². The van der Waals surface area contributed by atoms with Crippen LogP contribution in [0.5, 0.6) is 0 Å². The SMILES string of the molecule is Cc1ccc(Cl)cc1NC(=O)CN(Cc1ccco1)C1CCS(=O)(=O)C1. The van der Waals surface area contributed by atoms with E-state index in [1.165, 1.54) is 0 Å². The first-order chi connectivity index (χ1) is 12.3. The van der Waals surface area contributed by atoms with Gasteiger partial charge in [0.1, 0.15) is 5.76 Å². The molecular formula is C18H21ClN2O4S. The minimum Gasteiger partial charge on any atom is -0.468 e. The Hall–Kier alpha value is -1.83. The van der Waals surface area contributed by atoms with Gasteiger partial charge in [0.2, 0.25) is 5.91 Å². The van der Waals surface area contributed by atoms with Crippen LogP contribution in [0.1, 0.15) is 17.7 Å². The van der Waals surface area contributed by atoms with E-state index < -0.39 is 9.84 Å². The minimum atomic E-state index is -3.05. The molecule has 0 radical (unpaired) electrons. The van der Waals surface area contributed by atoms with Gasteiger partial charge in [-0.2, -0.15) is 0 Å². The summed E-state index contributed by atoms with van der Waals surface area (Å²) in [5.74, 6) is 0.700. The Morgan fingerprint density at radius 2 is 2.19 bits per heavy atom. The van der Waals surface area contributed by atoms with Crippen molar-refractivity contribution in [3.63, 3.8) is 0 Å². The number of sulfone groups is 1. The van der Waals surface area contributed by atoms with Crippen molar-refractivity contribution < 1.29 is 17.6 Å². The Morgan fingerprint density at radius 3 is 2.85 bits per heavy atom. The van der Waals surface area contributed by atoms with Crippen LogP contribution in [-0.4, -0.2) is 43.3 Å². The lowest BCUT2D eigenvalue weighted by Crippen LogP contribution is -2.41. The molecule has 1 amide bonds. The van der Waals surface area contributed by atoms with Gasteiger partial charge in [-0.3, -0.25) is 9.69 Å². The zero-order valence-electron chi connectivity index (χ0n) is 14.4. The van der Waals surface area contributed by atoms with Crippen LogP contribution in [0.4, 0.5) is 5.69 Å². The molecule has 0 aliphatic carbocycles. The predicted octanol–water partition coefficient (Wildman–Crippen LogP) is 2.87. The van der Waals surface area contributed by atoms with Crippen LogP contribution in [0.2, 0.25) is 5.02 Å². The Kier molecular flexibility index (Phi) is 5.70. The predicted molar refractivity (Wildman–Crippen MR) is 101 cm³/mol. The maximum Gasteiger partial charge on any atom is 0.238 e. The lowest BCUT2D eigenvalue weighted by Gasteiger charge is -2.26. The Morgan fingerprint density at radius 1 is 1.38 bits per heavy atom. The van der Waals surface area contributed by atoms with Gasteiger partial charge in [-0.15, -0.1) is 0 Å². The normalized spacial score (nSPS) is 19.0. The molecule has 2 aromatic rings.